The maximum Gasteiger partial charge on any atom is 0.238 e. The minimum atomic E-state index is -3.69. The Morgan fingerprint density at radius 2 is 1.80 bits per heavy atom. The molecule has 2 N–H and O–H groups in total. The van der Waals surface area contributed by atoms with E-state index in [1.54, 1.807) is 19.9 Å². The summed E-state index contributed by atoms with van der Waals surface area (Å²) in [5.74, 6) is 0.661. The van der Waals surface area contributed by atoms with Crippen molar-refractivity contribution >= 4 is 10.0 Å². The average Bonchev–Trinajstić information content (AvgIpc) is 2.35. The lowest BCUT2D eigenvalue weighted by Crippen LogP contribution is -2.14. The van der Waals surface area contributed by atoms with Crippen LogP contribution < -0.4 is 9.88 Å². The van der Waals surface area contributed by atoms with E-state index >= 15 is 0 Å². The molecule has 0 radical (unpaired) electrons. The molecule has 6 heteroatoms. The standard InChI is InChI=1S/C14H23NO4S/c1-4-5-6-18-7-8-19-13-9-12(3)14(10-11(13)2)20(15,16)17/h9-10H,4-8H2,1-3H3,(H2,15,16,17). The number of unbranched alkanes of at least 4 members (excludes halogenated alkanes) is 1. The third-order valence-corrected chi connectivity index (χ3v) is 3.96. The van der Waals surface area contributed by atoms with Gasteiger partial charge in [-0.25, -0.2) is 13.6 Å². The Hall–Kier alpha value is -1.11. The lowest BCUT2D eigenvalue weighted by atomic mass is 10.1. The van der Waals surface area contributed by atoms with Crippen LogP contribution in [-0.4, -0.2) is 28.2 Å². The molecular weight excluding hydrogens is 278 g/mol. The van der Waals surface area contributed by atoms with Gasteiger partial charge in [-0.1, -0.05) is 13.3 Å². The molecule has 0 atom stereocenters. The number of hydrogen-bond donors (Lipinski definition) is 1. The fourth-order valence-electron chi connectivity index (χ4n) is 1.78. The van der Waals surface area contributed by atoms with Gasteiger partial charge in [0.05, 0.1) is 11.5 Å². The molecule has 0 unspecified atom stereocenters. The summed E-state index contributed by atoms with van der Waals surface area (Å²) in [5, 5.41) is 5.16. The third kappa shape index (κ3) is 5.11. The van der Waals surface area contributed by atoms with Gasteiger partial charge in [0.1, 0.15) is 12.4 Å². The number of hydrogen-bond acceptors (Lipinski definition) is 4. The van der Waals surface area contributed by atoms with Crippen molar-refractivity contribution in [2.45, 2.75) is 38.5 Å². The van der Waals surface area contributed by atoms with Crippen LogP contribution in [0.25, 0.3) is 0 Å². The molecule has 0 saturated heterocycles. The molecule has 0 heterocycles. The smallest absolute Gasteiger partial charge is 0.238 e. The molecule has 5 nitrogen and oxygen atoms in total. The Morgan fingerprint density at radius 1 is 1.10 bits per heavy atom. The van der Waals surface area contributed by atoms with Crippen LogP contribution in [0.15, 0.2) is 17.0 Å². The van der Waals surface area contributed by atoms with Gasteiger partial charge >= 0.3 is 0 Å². The highest BCUT2D eigenvalue weighted by atomic mass is 32.2. The van der Waals surface area contributed by atoms with Crippen molar-refractivity contribution in [3.8, 4) is 5.75 Å². The van der Waals surface area contributed by atoms with Crippen molar-refractivity contribution in [3.05, 3.63) is 23.3 Å². The first-order valence-corrected chi connectivity index (χ1v) is 8.25. The van der Waals surface area contributed by atoms with Crippen LogP contribution in [0.4, 0.5) is 0 Å². The molecule has 0 aliphatic rings. The van der Waals surface area contributed by atoms with Crippen LogP contribution in [0.1, 0.15) is 30.9 Å². The minimum Gasteiger partial charge on any atom is -0.491 e. The number of sulfonamides is 1. The summed E-state index contributed by atoms with van der Waals surface area (Å²) in [4.78, 5) is 0.140. The van der Waals surface area contributed by atoms with Gasteiger partial charge in [-0.05, 0) is 43.5 Å². The highest BCUT2D eigenvalue weighted by molar-refractivity contribution is 7.89. The molecule has 1 aromatic rings. The van der Waals surface area contributed by atoms with Gasteiger partial charge in [0.15, 0.2) is 0 Å². The number of nitrogens with two attached hydrogens (primary N) is 1. The maximum atomic E-state index is 11.4. The molecule has 0 aliphatic heterocycles. The van der Waals surface area contributed by atoms with Gasteiger partial charge in [0.25, 0.3) is 0 Å². The molecule has 0 spiro atoms. The van der Waals surface area contributed by atoms with E-state index in [-0.39, 0.29) is 4.90 Å². The topological polar surface area (TPSA) is 78.6 Å². The third-order valence-electron chi connectivity index (χ3n) is 2.91. The van der Waals surface area contributed by atoms with E-state index in [1.165, 1.54) is 6.07 Å². The number of aryl methyl sites for hydroxylation is 2. The first kappa shape index (κ1) is 16.9. The predicted octanol–water partition coefficient (Wildman–Crippen LogP) is 2.15. The van der Waals surface area contributed by atoms with E-state index in [4.69, 9.17) is 14.6 Å². The summed E-state index contributed by atoms with van der Waals surface area (Å²) in [6, 6.07) is 3.24. The Labute approximate surface area is 121 Å². The fourth-order valence-corrected chi connectivity index (χ4v) is 2.63. The maximum absolute atomic E-state index is 11.4. The number of rotatable bonds is 8. The van der Waals surface area contributed by atoms with Gasteiger partial charge in [0.2, 0.25) is 10.0 Å². The summed E-state index contributed by atoms with van der Waals surface area (Å²) in [6.45, 7) is 7.31. The Balaban J connectivity index is 2.62. The summed E-state index contributed by atoms with van der Waals surface area (Å²) < 4.78 is 33.8. The van der Waals surface area contributed by atoms with Crippen LogP contribution >= 0.6 is 0 Å². The van der Waals surface area contributed by atoms with E-state index in [0.717, 1.165) is 25.0 Å². The number of benzene rings is 1. The zero-order chi connectivity index (χ0) is 15.2. The van der Waals surface area contributed by atoms with Crippen LogP contribution in [0.3, 0.4) is 0 Å². The Morgan fingerprint density at radius 3 is 2.40 bits per heavy atom. The molecule has 0 fully saturated rings. The van der Waals surface area contributed by atoms with E-state index in [0.29, 0.717) is 24.5 Å². The number of ether oxygens (including phenoxy) is 2. The first-order valence-electron chi connectivity index (χ1n) is 6.71. The second kappa shape index (κ2) is 7.61. The predicted molar refractivity (Wildman–Crippen MR) is 78.5 cm³/mol. The SMILES string of the molecule is CCCCOCCOc1cc(C)c(S(N)(=O)=O)cc1C. The van der Waals surface area contributed by atoms with Crippen molar-refractivity contribution in [3.63, 3.8) is 0 Å². The molecule has 1 aromatic carbocycles. The molecule has 0 bridgehead atoms. The molecule has 0 aliphatic carbocycles. The van der Waals surface area contributed by atoms with E-state index < -0.39 is 10.0 Å². The Bertz CT molecular complexity index is 540. The second-order valence-electron chi connectivity index (χ2n) is 4.74. The zero-order valence-corrected chi connectivity index (χ0v) is 13.1. The van der Waals surface area contributed by atoms with Crippen molar-refractivity contribution in [1.82, 2.24) is 0 Å². The Kier molecular flexibility index (Phi) is 6.45. The quantitative estimate of drug-likeness (QED) is 0.746. The molecule has 114 valence electrons. The van der Waals surface area contributed by atoms with Gasteiger partial charge in [-0.3, -0.25) is 0 Å². The monoisotopic (exact) mass is 301 g/mol. The number of primary sulfonamides is 1. The molecular formula is C14H23NO4S. The van der Waals surface area contributed by atoms with E-state index in [1.807, 2.05) is 0 Å². The lowest BCUT2D eigenvalue weighted by Gasteiger charge is -2.12. The van der Waals surface area contributed by atoms with Crippen molar-refractivity contribution < 1.29 is 17.9 Å². The highest BCUT2D eigenvalue weighted by Crippen LogP contribution is 2.25. The minimum absolute atomic E-state index is 0.140. The van der Waals surface area contributed by atoms with Crippen molar-refractivity contribution in [2.75, 3.05) is 19.8 Å². The fraction of sp³-hybridized carbons (Fsp3) is 0.571. The van der Waals surface area contributed by atoms with Gasteiger partial charge in [0, 0.05) is 6.61 Å². The molecule has 0 saturated carbocycles. The van der Waals surface area contributed by atoms with E-state index in [9.17, 15) is 8.42 Å². The van der Waals surface area contributed by atoms with Crippen molar-refractivity contribution in [1.29, 1.82) is 0 Å². The molecule has 20 heavy (non-hydrogen) atoms. The van der Waals surface area contributed by atoms with Crippen LogP contribution in [0, 0.1) is 13.8 Å². The van der Waals surface area contributed by atoms with Crippen LogP contribution in [-0.2, 0) is 14.8 Å². The normalized spacial score (nSPS) is 11.6. The molecule has 1 rings (SSSR count). The second-order valence-corrected chi connectivity index (χ2v) is 6.27. The largest absolute Gasteiger partial charge is 0.491 e. The van der Waals surface area contributed by atoms with Gasteiger partial charge in [-0.2, -0.15) is 0 Å². The van der Waals surface area contributed by atoms with Crippen LogP contribution in [0.5, 0.6) is 5.75 Å². The average molecular weight is 301 g/mol. The first-order chi connectivity index (χ1) is 9.36. The summed E-state index contributed by atoms with van der Waals surface area (Å²) in [6.07, 6.45) is 2.15. The lowest BCUT2D eigenvalue weighted by molar-refractivity contribution is 0.0978. The molecule has 0 amide bonds. The van der Waals surface area contributed by atoms with Gasteiger partial charge < -0.3 is 9.47 Å². The van der Waals surface area contributed by atoms with E-state index in [2.05, 4.69) is 6.92 Å². The highest BCUT2D eigenvalue weighted by Gasteiger charge is 2.14. The van der Waals surface area contributed by atoms with Crippen molar-refractivity contribution in [2.24, 2.45) is 5.14 Å². The summed E-state index contributed by atoms with van der Waals surface area (Å²) >= 11 is 0. The zero-order valence-electron chi connectivity index (χ0n) is 12.3. The van der Waals surface area contributed by atoms with Gasteiger partial charge in [-0.15, -0.1) is 0 Å². The summed E-state index contributed by atoms with van der Waals surface area (Å²) in [5.41, 5.74) is 1.33. The molecule has 0 aromatic heterocycles. The van der Waals surface area contributed by atoms with Crippen LogP contribution in [0.2, 0.25) is 0 Å². The summed E-state index contributed by atoms with van der Waals surface area (Å²) in [7, 11) is -3.69.